The summed E-state index contributed by atoms with van der Waals surface area (Å²) < 4.78 is 0. The Kier molecular flexibility index (Phi) is 4.77. The van der Waals surface area contributed by atoms with Gasteiger partial charge in [-0.05, 0) is 25.1 Å². The number of aromatic nitrogens is 1. The Morgan fingerprint density at radius 2 is 1.86 bits per heavy atom. The average Bonchev–Trinajstić information content (AvgIpc) is 3.03. The average molecular weight is 387 g/mol. The van der Waals surface area contributed by atoms with Crippen molar-refractivity contribution < 1.29 is 9.59 Å². The summed E-state index contributed by atoms with van der Waals surface area (Å²) in [6, 6.07) is 12.2. The second-order valence-electron chi connectivity index (χ2n) is 7.17. The van der Waals surface area contributed by atoms with E-state index in [1.54, 1.807) is 36.2 Å². The van der Waals surface area contributed by atoms with Crippen molar-refractivity contribution in [2.75, 3.05) is 31.1 Å². The van der Waals surface area contributed by atoms with Crippen LogP contribution in [0.25, 0.3) is 5.70 Å². The van der Waals surface area contributed by atoms with Crippen molar-refractivity contribution in [3.63, 3.8) is 0 Å². The molecular weight excluding hydrogens is 366 g/mol. The zero-order valence-electron chi connectivity index (χ0n) is 16.2. The number of fused-ring (bicyclic) bond motifs is 1. The molecule has 1 fully saturated rings. The lowest BCUT2D eigenvalue weighted by atomic mass is 10.1. The van der Waals surface area contributed by atoms with E-state index in [1.807, 2.05) is 18.2 Å². The fourth-order valence-electron chi connectivity index (χ4n) is 3.90. The zero-order valence-corrected chi connectivity index (χ0v) is 16.2. The first kappa shape index (κ1) is 18.7. The van der Waals surface area contributed by atoms with Crippen molar-refractivity contribution in [2.45, 2.75) is 13.0 Å². The fourth-order valence-corrected chi connectivity index (χ4v) is 3.90. The Morgan fingerprint density at radius 1 is 1.17 bits per heavy atom. The molecule has 0 aliphatic carbocycles. The van der Waals surface area contributed by atoms with Gasteiger partial charge in [-0.2, -0.15) is 5.26 Å². The molecule has 1 aromatic heterocycles. The lowest BCUT2D eigenvalue weighted by molar-refractivity contribution is -0.134. The number of nitrogens with zero attached hydrogens (tertiary/aromatic N) is 5. The normalized spacial score (nSPS) is 17.2. The van der Waals surface area contributed by atoms with Crippen molar-refractivity contribution in [2.24, 2.45) is 0 Å². The summed E-state index contributed by atoms with van der Waals surface area (Å²) in [5, 5.41) is 9.06. The predicted molar refractivity (Wildman–Crippen MR) is 109 cm³/mol. The maximum atomic E-state index is 13.1. The largest absolute Gasteiger partial charge is 0.353 e. The van der Waals surface area contributed by atoms with Crippen LogP contribution in [0.3, 0.4) is 0 Å². The van der Waals surface area contributed by atoms with Gasteiger partial charge >= 0.3 is 0 Å². The topological polar surface area (TPSA) is 80.5 Å². The number of nitriles is 1. The zero-order chi connectivity index (χ0) is 20.5. The van der Waals surface area contributed by atoms with Crippen molar-refractivity contribution in [1.82, 2.24) is 14.8 Å². The van der Waals surface area contributed by atoms with Crippen LogP contribution in [0.15, 0.2) is 49.2 Å². The van der Waals surface area contributed by atoms with E-state index in [0.717, 1.165) is 11.4 Å². The number of hydrogen-bond acceptors (Lipinski definition) is 5. The van der Waals surface area contributed by atoms with Crippen LogP contribution in [0.1, 0.15) is 28.4 Å². The van der Waals surface area contributed by atoms with E-state index in [1.165, 1.54) is 4.90 Å². The maximum absolute atomic E-state index is 13.1. The van der Waals surface area contributed by atoms with Gasteiger partial charge in [-0.15, -0.1) is 0 Å². The summed E-state index contributed by atoms with van der Waals surface area (Å²) in [5.41, 5.74) is 2.51. The molecule has 1 atom stereocenters. The molecule has 0 unspecified atom stereocenters. The standard InChI is InChI=1S/C22H21N5O2/c1-15-18-5-3-4-6-19(18)22(29)27(15)16(2)21(28)26-11-9-25(10-12-26)20-13-17(14-23)7-8-24-20/h3-8,13,16H,1,9-12H2,2H3/t16-/m0/s1. The molecule has 7 nitrogen and oxygen atoms in total. The maximum Gasteiger partial charge on any atom is 0.259 e. The molecule has 0 N–H and O–H groups in total. The van der Waals surface area contributed by atoms with Crippen molar-refractivity contribution in [3.8, 4) is 6.07 Å². The van der Waals surface area contributed by atoms with Crippen LogP contribution in [0.5, 0.6) is 0 Å². The molecule has 2 amide bonds. The van der Waals surface area contributed by atoms with Gasteiger partial charge in [0.15, 0.2) is 0 Å². The lowest BCUT2D eigenvalue weighted by Gasteiger charge is -2.38. The Labute approximate surface area is 169 Å². The molecule has 2 aromatic rings. The Hall–Kier alpha value is -3.66. The van der Waals surface area contributed by atoms with Gasteiger partial charge in [0.05, 0.1) is 11.6 Å². The van der Waals surface area contributed by atoms with Gasteiger partial charge in [0, 0.05) is 49.2 Å². The number of amides is 2. The highest BCUT2D eigenvalue weighted by Crippen LogP contribution is 2.33. The van der Waals surface area contributed by atoms with E-state index in [2.05, 4.69) is 22.5 Å². The van der Waals surface area contributed by atoms with Crippen LogP contribution in [-0.2, 0) is 4.79 Å². The Morgan fingerprint density at radius 3 is 2.52 bits per heavy atom. The summed E-state index contributed by atoms with van der Waals surface area (Å²) in [6.45, 7) is 8.09. The van der Waals surface area contributed by atoms with E-state index in [9.17, 15) is 9.59 Å². The molecule has 0 bridgehead atoms. The Balaban J connectivity index is 1.43. The predicted octanol–water partition coefficient (Wildman–Crippen LogP) is 2.12. The van der Waals surface area contributed by atoms with Gasteiger partial charge in [-0.3, -0.25) is 14.5 Å². The first-order chi connectivity index (χ1) is 14.0. The van der Waals surface area contributed by atoms with Gasteiger partial charge in [0.2, 0.25) is 5.91 Å². The van der Waals surface area contributed by atoms with Gasteiger partial charge < -0.3 is 9.80 Å². The van der Waals surface area contributed by atoms with Crippen LogP contribution in [0.2, 0.25) is 0 Å². The number of piperazine rings is 1. The van der Waals surface area contributed by atoms with E-state index in [4.69, 9.17) is 5.26 Å². The third-order valence-electron chi connectivity index (χ3n) is 5.51. The van der Waals surface area contributed by atoms with Crippen molar-refractivity contribution >= 4 is 23.3 Å². The highest BCUT2D eigenvalue weighted by atomic mass is 16.2. The molecule has 0 radical (unpaired) electrons. The van der Waals surface area contributed by atoms with Crippen LogP contribution >= 0.6 is 0 Å². The molecule has 7 heteroatoms. The molecule has 4 rings (SSSR count). The third kappa shape index (κ3) is 3.23. The molecule has 29 heavy (non-hydrogen) atoms. The molecule has 2 aliphatic rings. The van der Waals surface area contributed by atoms with Gasteiger partial charge in [0.1, 0.15) is 11.9 Å². The molecule has 3 heterocycles. The smallest absolute Gasteiger partial charge is 0.259 e. The third-order valence-corrected chi connectivity index (χ3v) is 5.51. The van der Waals surface area contributed by atoms with E-state index < -0.39 is 6.04 Å². The fraction of sp³-hybridized carbons (Fsp3) is 0.273. The van der Waals surface area contributed by atoms with Crippen LogP contribution in [-0.4, -0.2) is 58.8 Å². The number of carbonyl (C=O) groups excluding carboxylic acids is 2. The molecule has 1 saturated heterocycles. The molecule has 0 spiro atoms. The number of hydrogen-bond donors (Lipinski definition) is 0. The number of carbonyl (C=O) groups is 2. The number of anilines is 1. The minimum Gasteiger partial charge on any atom is -0.353 e. The monoisotopic (exact) mass is 387 g/mol. The summed E-state index contributed by atoms with van der Waals surface area (Å²) in [6.07, 6.45) is 1.62. The van der Waals surface area contributed by atoms with Crippen molar-refractivity contribution in [3.05, 3.63) is 65.9 Å². The molecule has 1 aromatic carbocycles. The summed E-state index contributed by atoms with van der Waals surface area (Å²) in [7, 11) is 0. The highest BCUT2D eigenvalue weighted by molar-refractivity contribution is 6.10. The van der Waals surface area contributed by atoms with Gasteiger partial charge in [-0.1, -0.05) is 24.8 Å². The number of benzene rings is 1. The molecular formula is C22H21N5O2. The van der Waals surface area contributed by atoms with E-state index in [0.29, 0.717) is 43.0 Å². The van der Waals surface area contributed by atoms with Crippen LogP contribution in [0.4, 0.5) is 5.82 Å². The minimum atomic E-state index is -0.617. The Bertz CT molecular complexity index is 998. The van der Waals surface area contributed by atoms with E-state index >= 15 is 0 Å². The van der Waals surface area contributed by atoms with Gasteiger partial charge in [0.25, 0.3) is 5.91 Å². The number of rotatable bonds is 3. The molecule has 146 valence electrons. The van der Waals surface area contributed by atoms with Crippen LogP contribution < -0.4 is 4.90 Å². The molecule has 2 aliphatic heterocycles. The SMILES string of the molecule is C=C1c2ccccc2C(=O)N1[C@@H](C)C(=O)N1CCN(c2cc(C#N)ccn2)CC1. The van der Waals surface area contributed by atoms with Crippen molar-refractivity contribution in [1.29, 1.82) is 5.26 Å². The second-order valence-corrected chi connectivity index (χ2v) is 7.17. The first-order valence-corrected chi connectivity index (χ1v) is 9.53. The van der Waals surface area contributed by atoms with Crippen LogP contribution in [0, 0.1) is 11.3 Å². The minimum absolute atomic E-state index is 0.0920. The lowest BCUT2D eigenvalue weighted by Crippen LogP contribution is -2.54. The summed E-state index contributed by atoms with van der Waals surface area (Å²) in [4.78, 5) is 35.5. The number of pyridine rings is 1. The second kappa shape index (κ2) is 7.40. The first-order valence-electron chi connectivity index (χ1n) is 9.53. The molecule has 0 saturated carbocycles. The quantitative estimate of drug-likeness (QED) is 0.806. The van der Waals surface area contributed by atoms with E-state index in [-0.39, 0.29) is 11.8 Å². The summed E-state index contributed by atoms with van der Waals surface area (Å²) in [5.74, 6) is 0.469. The highest BCUT2D eigenvalue weighted by Gasteiger charge is 2.38. The van der Waals surface area contributed by atoms with Gasteiger partial charge in [-0.25, -0.2) is 4.98 Å². The summed E-state index contributed by atoms with van der Waals surface area (Å²) >= 11 is 0.